The Hall–Kier alpha value is -2.29. The monoisotopic (exact) mass is 267 g/mol. The van der Waals surface area contributed by atoms with Crippen LogP contribution in [-0.4, -0.2) is 11.0 Å². The standard InChI is InChI=1S/C17H17NO2/c19-14-10-8-13(9-11-14)17(20)18-16-7-3-5-12-4-1-2-6-15(12)16/h3,5,7-11,19H,1-2,4,6H2,(H,18,20). The van der Waals surface area contributed by atoms with Crippen LogP contribution in [0.15, 0.2) is 42.5 Å². The van der Waals surface area contributed by atoms with E-state index in [4.69, 9.17) is 0 Å². The quantitative estimate of drug-likeness (QED) is 0.874. The third kappa shape index (κ3) is 2.52. The van der Waals surface area contributed by atoms with Crippen molar-refractivity contribution in [3.63, 3.8) is 0 Å². The molecule has 2 aromatic carbocycles. The summed E-state index contributed by atoms with van der Waals surface area (Å²) in [6.07, 6.45) is 4.53. The second kappa shape index (κ2) is 5.37. The molecule has 102 valence electrons. The molecule has 2 N–H and O–H groups in total. The molecule has 3 heteroatoms. The summed E-state index contributed by atoms with van der Waals surface area (Å²) < 4.78 is 0. The number of phenols is 1. The van der Waals surface area contributed by atoms with E-state index in [1.165, 1.54) is 36.1 Å². The van der Waals surface area contributed by atoms with Gasteiger partial charge in [-0.05, 0) is 67.1 Å². The number of hydrogen-bond acceptors (Lipinski definition) is 2. The second-order valence-corrected chi connectivity index (χ2v) is 5.15. The minimum Gasteiger partial charge on any atom is -0.508 e. The molecule has 1 amide bonds. The van der Waals surface area contributed by atoms with Crippen molar-refractivity contribution < 1.29 is 9.90 Å². The molecule has 0 saturated heterocycles. The molecule has 2 aromatic rings. The van der Waals surface area contributed by atoms with Crippen LogP contribution in [0.2, 0.25) is 0 Å². The number of carbonyl (C=O) groups is 1. The Balaban J connectivity index is 1.84. The minimum atomic E-state index is -0.135. The third-order valence-corrected chi connectivity index (χ3v) is 3.77. The highest BCUT2D eigenvalue weighted by Crippen LogP contribution is 2.28. The van der Waals surface area contributed by atoms with Gasteiger partial charge in [-0.25, -0.2) is 0 Å². The smallest absolute Gasteiger partial charge is 0.255 e. The maximum atomic E-state index is 12.2. The van der Waals surface area contributed by atoms with Crippen LogP contribution >= 0.6 is 0 Å². The lowest BCUT2D eigenvalue weighted by Gasteiger charge is -2.19. The molecular formula is C17H17NO2. The van der Waals surface area contributed by atoms with Gasteiger partial charge in [-0.15, -0.1) is 0 Å². The highest BCUT2D eigenvalue weighted by Gasteiger charge is 2.15. The molecule has 0 atom stereocenters. The summed E-state index contributed by atoms with van der Waals surface area (Å²) in [4.78, 5) is 12.2. The van der Waals surface area contributed by atoms with Crippen molar-refractivity contribution in [2.24, 2.45) is 0 Å². The van der Waals surface area contributed by atoms with Gasteiger partial charge in [0.15, 0.2) is 0 Å². The number of anilines is 1. The van der Waals surface area contributed by atoms with Crippen LogP contribution in [0.5, 0.6) is 5.75 Å². The lowest BCUT2D eigenvalue weighted by molar-refractivity contribution is 0.102. The molecule has 3 nitrogen and oxygen atoms in total. The number of benzene rings is 2. The zero-order valence-electron chi connectivity index (χ0n) is 11.2. The number of phenolic OH excluding ortho intramolecular Hbond substituents is 1. The molecule has 1 aliphatic carbocycles. The second-order valence-electron chi connectivity index (χ2n) is 5.15. The van der Waals surface area contributed by atoms with E-state index in [-0.39, 0.29) is 11.7 Å². The van der Waals surface area contributed by atoms with Crippen molar-refractivity contribution in [3.8, 4) is 5.75 Å². The Morgan fingerprint density at radius 2 is 1.75 bits per heavy atom. The first kappa shape index (κ1) is 12.7. The van der Waals surface area contributed by atoms with Crippen LogP contribution in [0.1, 0.15) is 34.3 Å². The largest absolute Gasteiger partial charge is 0.508 e. The van der Waals surface area contributed by atoms with Gasteiger partial charge in [-0.1, -0.05) is 12.1 Å². The Morgan fingerprint density at radius 3 is 2.55 bits per heavy atom. The van der Waals surface area contributed by atoms with Crippen molar-refractivity contribution in [2.45, 2.75) is 25.7 Å². The Morgan fingerprint density at radius 1 is 1.00 bits per heavy atom. The predicted octanol–water partition coefficient (Wildman–Crippen LogP) is 3.52. The van der Waals surface area contributed by atoms with E-state index in [0.717, 1.165) is 18.5 Å². The van der Waals surface area contributed by atoms with Crippen LogP contribution in [0.3, 0.4) is 0 Å². The third-order valence-electron chi connectivity index (χ3n) is 3.77. The van der Waals surface area contributed by atoms with Crippen molar-refractivity contribution in [1.29, 1.82) is 0 Å². The van der Waals surface area contributed by atoms with Crippen molar-refractivity contribution in [3.05, 3.63) is 59.2 Å². The first-order chi connectivity index (χ1) is 9.74. The highest BCUT2D eigenvalue weighted by atomic mass is 16.3. The Labute approximate surface area is 118 Å². The fourth-order valence-electron chi connectivity index (χ4n) is 2.71. The fraction of sp³-hybridized carbons (Fsp3) is 0.235. The summed E-state index contributed by atoms with van der Waals surface area (Å²) in [6.45, 7) is 0. The summed E-state index contributed by atoms with van der Waals surface area (Å²) >= 11 is 0. The van der Waals surface area contributed by atoms with E-state index < -0.39 is 0 Å². The molecule has 0 bridgehead atoms. The van der Waals surface area contributed by atoms with Gasteiger partial charge in [-0.3, -0.25) is 4.79 Å². The molecule has 0 fully saturated rings. The summed E-state index contributed by atoms with van der Waals surface area (Å²) in [5.41, 5.74) is 4.09. The summed E-state index contributed by atoms with van der Waals surface area (Å²) in [7, 11) is 0. The number of amides is 1. The molecule has 0 heterocycles. The van der Waals surface area contributed by atoms with Crippen molar-refractivity contribution in [1.82, 2.24) is 0 Å². The first-order valence-corrected chi connectivity index (χ1v) is 6.95. The van der Waals surface area contributed by atoms with Crippen LogP contribution < -0.4 is 5.32 Å². The molecular weight excluding hydrogens is 250 g/mol. The van der Waals surface area contributed by atoms with Gasteiger partial charge in [0.2, 0.25) is 0 Å². The summed E-state index contributed by atoms with van der Waals surface area (Å²) in [6, 6.07) is 12.4. The molecule has 0 radical (unpaired) electrons. The summed E-state index contributed by atoms with van der Waals surface area (Å²) in [5, 5.41) is 12.2. The van der Waals surface area contributed by atoms with E-state index in [0.29, 0.717) is 5.56 Å². The number of nitrogens with one attached hydrogen (secondary N) is 1. The summed E-state index contributed by atoms with van der Waals surface area (Å²) in [5.74, 6) is 0.0302. The molecule has 0 saturated carbocycles. The maximum absolute atomic E-state index is 12.2. The van der Waals surface area contributed by atoms with Crippen LogP contribution in [0.25, 0.3) is 0 Å². The van der Waals surface area contributed by atoms with Crippen LogP contribution in [0, 0.1) is 0 Å². The zero-order chi connectivity index (χ0) is 13.9. The van der Waals surface area contributed by atoms with Gasteiger partial charge in [-0.2, -0.15) is 0 Å². The van der Waals surface area contributed by atoms with Gasteiger partial charge in [0.25, 0.3) is 5.91 Å². The number of rotatable bonds is 2. The predicted molar refractivity (Wildman–Crippen MR) is 79.1 cm³/mol. The van der Waals surface area contributed by atoms with E-state index in [2.05, 4.69) is 11.4 Å². The lowest BCUT2D eigenvalue weighted by atomic mass is 9.90. The fourth-order valence-corrected chi connectivity index (χ4v) is 2.71. The van der Waals surface area contributed by atoms with Gasteiger partial charge < -0.3 is 10.4 Å². The van der Waals surface area contributed by atoms with E-state index in [9.17, 15) is 9.90 Å². The molecule has 0 unspecified atom stereocenters. The number of aryl methyl sites for hydroxylation is 1. The number of aromatic hydroxyl groups is 1. The van der Waals surface area contributed by atoms with Gasteiger partial charge >= 0.3 is 0 Å². The minimum absolute atomic E-state index is 0.135. The number of fused-ring (bicyclic) bond motifs is 1. The Kier molecular flexibility index (Phi) is 3.42. The van der Waals surface area contributed by atoms with Crippen molar-refractivity contribution in [2.75, 3.05) is 5.32 Å². The number of carbonyl (C=O) groups excluding carboxylic acids is 1. The van der Waals surface area contributed by atoms with E-state index in [1.54, 1.807) is 12.1 Å². The highest BCUT2D eigenvalue weighted by molar-refractivity contribution is 6.04. The zero-order valence-corrected chi connectivity index (χ0v) is 11.2. The van der Waals surface area contributed by atoms with Gasteiger partial charge in [0.05, 0.1) is 0 Å². The topological polar surface area (TPSA) is 49.3 Å². The average molecular weight is 267 g/mol. The molecule has 1 aliphatic rings. The normalized spacial score (nSPS) is 13.6. The van der Waals surface area contributed by atoms with Crippen molar-refractivity contribution >= 4 is 11.6 Å². The van der Waals surface area contributed by atoms with E-state index in [1.807, 2.05) is 12.1 Å². The maximum Gasteiger partial charge on any atom is 0.255 e. The van der Waals surface area contributed by atoms with Crippen LogP contribution in [-0.2, 0) is 12.8 Å². The first-order valence-electron chi connectivity index (χ1n) is 6.95. The molecule has 0 spiro atoms. The van der Waals surface area contributed by atoms with Gasteiger partial charge in [0, 0.05) is 11.3 Å². The molecule has 0 aromatic heterocycles. The lowest BCUT2D eigenvalue weighted by Crippen LogP contribution is -2.15. The molecule has 3 rings (SSSR count). The van der Waals surface area contributed by atoms with Gasteiger partial charge in [0.1, 0.15) is 5.75 Å². The Bertz CT molecular complexity index is 632. The molecule has 0 aliphatic heterocycles. The number of hydrogen-bond donors (Lipinski definition) is 2. The van der Waals surface area contributed by atoms with E-state index >= 15 is 0 Å². The van der Waals surface area contributed by atoms with Crippen LogP contribution in [0.4, 0.5) is 5.69 Å². The SMILES string of the molecule is O=C(Nc1cccc2c1CCCC2)c1ccc(O)cc1. The average Bonchev–Trinajstić information content (AvgIpc) is 2.48. The molecule has 20 heavy (non-hydrogen) atoms.